The van der Waals surface area contributed by atoms with E-state index in [0.717, 1.165) is 11.3 Å². The second-order valence-electron chi connectivity index (χ2n) is 6.22. The minimum Gasteiger partial charge on any atom is -0.497 e. The average Bonchev–Trinajstić information content (AvgIpc) is 3.09. The van der Waals surface area contributed by atoms with Crippen LogP contribution in [0.1, 0.15) is 31.2 Å². The Labute approximate surface area is 163 Å². The van der Waals surface area contributed by atoms with Gasteiger partial charge in [-0.3, -0.25) is 9.59 Å². The van der Waals surface area contributed by atoms with Crippen molar-refractivity contribution < 1.29 is 18.8 Å². The topological polar surface area (TPSA) is 84.7 Å². The number of aromatic nitrogens is 1. The summed E-state index contributed by atoms with van der Waals surface area (Å²) < 4.78 is 10.1. The number of thioether (sulfide) groups is 1. The van der Waals surface area contributed by atoms with E-state index in [1.54, 1.807) is 39.0 Å². The van der Waals surface area contributed by atoms with Gasteiger partial charge in [-0.2, -0.15) is 0 Å². The van der Waals surface area contributed by atoms with E-state index in [4.69, 9.17) is 9.26 Å². The molecule has 0 aliphatic carbocycles. The number of rotatable bonds is 8. The van der Waals surface area contributed by atoms with Gasteiger partial charge in [0.2, 0.25) is 11.8 Å². The summed E-state index contributed by atoms with van der Waals surface area (Å²) in [5.41, 5.74) is 1.02. The Morgan fingerprint density at radius 2 is 1.96 bits per heavy atom. The molecule has 0 fully saturated rings. The van der Waals surface area contributed by atoms with Crippen LogP contribution >= 0.6 is 11.8 Å². The molecule has 0 spiro atoms. The first kappa shape index (κ1) is 20.8. The molecule has 2 atom stereocenters. The van der Waals surface area contributed by atoms with E-state index >= 15 is 0 Å². The molecule has 1 heterocycles. The van der Waals surface area contributed by atoms with E-state index in [-0.39, 0.29) is 23.6 Å². The number of anilines is 1. The Morgan fingerprint density at radius 1 is 1.30 bits per heavy atom. The van der Waals surface area contributed by atoms with Crippen LogP contribution in [0, 0.1) is 6.92 Å². The lowest BCUT2D eigenvalue weighted by Crippen LogP contribution is -2.32. The van der Waals surface area contributed by atoms with Gasteiger partial charge in [0.05, 0.1) is 24.2 Å². The largest absolute Gasteiger partial charge is 0.497 e. The molecule has 0 saturated carbocycles. The van der Waals surface area contributed by atoms with Gasteiger partial charge in [0.15, 0.2) is 5.82 Å². The van der Waals surface area contributed by atoms with Crippen LogP contribution in [0.2, 0.25) is 0 Å². The molecular weight excluding hydrogens is 366 g/mol. The van der Waals surface area contributed by atoms with Gasteiger partial charge in [0.25, 0.3) is 0 Å². The fraction of sp³-hybridized carbons (Fsp3) is 0.421. The van der Waals surface area contributed by atoms with Crippen molar-refractivity contribution in [1.82, 2.24) is 10.1 Å². The molecular formula is C19H25N3O4S. The summed E-state index contributed by atoms with van der Waals surface area (Å²) in [6, 6.07) is 9.19. The third kappa shape index (κ3) is 5.75. The highest BCUT2D eigenvalue weighted by Gasteiger charge is 2.21. The van der Waals surface area contributed by atoms with Crippen LogP contribution in [0.4, 0.5) is 5.82 Å². The normalized spacial score (nSPS) is 12.9. The molecule has 2 amide bonds. The number of methoxy groups -OCH3 is 1. The number of nitrogens with zero attached hydrogens (tertiary/aromatic N) is 2. The van der Waals surface area contributed by atoms with Gasteiger partial charge in [-0.1, -0.05) is 17.3 Å². The van der Waals surface area contributed by atoms with Gasteiger partial charge < -0.3 is 19.5 Å². The standard InChI is InChI=1S/C19H25N3O4S/c1-12-10-17(21-26-12)20-19(24)14(3)27-11-18(23)22(4)13(2)15-6-8-16(25-5)9-7-15/h6-10,13-14H,11H2,1-5H3,(H,20,21,24). The molecule has 0 aliphatic rings. The van der Waals surface area contributed by atoms with Gasteiger partial charge >= 0.3 is 0 Å². The number of hydrogen-bond donors (Lipinski definition) is 1. The van der Waals surface area contributed by atoms with Crippen LogP contribution in [0.15, 0.2) is 34.9 Å². The average molecular weight is 391 g/mol. The molecule has 146 valence electrons. The van der Waals surface area contributed by atoms with Crippen molar-refractivity contribution in [3.63, 3.8) is 0 Å². The van der Waals surface area contributed by atoms with Crippen LogP contribution < -0.4 is 10.1 Å². The fourth-order valence-electron chi connectivity index (χ4n) is 2.35. The van der Waals surface area contributed by atoms with Crippen molar-refractivity contribution in [2.45, 2.75) is 32.1 Å². The van der Waals surface area contributed by atoms with Crippen molar-refractivity contribution in [3.05, 3.63) is 41.7 Å². The summed E-state index contributed by atoms with van der Waals surface area (Å²) in [7, 11) is 3.38. The maximum atomic E-state index is 12.5. The molecule has 1 aromatic carbocycles. The second kappa shape index (κ2) is 9.45. The van der Waals surface area contributed by atoms with Gasteiger partial charge in [-0.15, -0.1) is 11.8 Å². The lowest BCUT2D eigenvalue weighted by molar-refractivity contribution is -0.128. The molecule has 0 bridgehead atoms. The van der Waals surface area contributed by atoms with Crippen molar-refractivity contribution in [2.75, 3.05) is 25.2 Å². The van der Waals surface area contributed by atoms with E-state index in [2.05, 4.69) is 10.5 Å². The number of hydrogen-bond acceptors (Lipinski definition) is 6. The SMILES string of the molecule is COc1ccc(C(C)N(C)C(=O)CSC(C)C(=O)Nc2cc(C)on2)cc1. The molecule has 2 unspecified atom stereocenters. The maximum Gasteiger partial charge on any atom is 0.238 e. The number of ether oxygens (including phenoxy) is 1. The molecule has 1 N–H and O–H groups in total. The van der Waals surface area contributed by atoms with Crippen molar-refractivity contribution >= 4 is 29.4 Å². The lowest BCUT2D eigenvalue weighted by Gasteiger charge is -2.26. The molecule has 0 radical (unpaired) electrons. The van der Waals surface area contributed by atoms with Crippen molar-refractivity contribution in [2.24, 2.45) is 0 Å². The highest BCUT2D eigenvalue weighted by atomic mass is 32.2. The smallest absolute Gasteiger partial charge is 0.238 e. The Balaban J connectivity index is 1.84. The van der Waals surface area contributed by atoms with Gasteiger partial charge in [-0.05, 0) is 38.5 Å². The van der Waals surface area contributed by atoms with Crippen LogP contribution in [-0.4, -0.2) is 47.0 Å². The van der Waals surface area contributed by atoms with E-state index in [9.17, 15) is 9.59 Å². The quantitative estimate of drug-likeness (QED) is 0.743. The van der Waals surface area contributed by atoms with Crippen molar-refractivity contribution in [3.8, 4) is 5.75 Å². The zero-order valence-electron chi connectivity index (χ0n) is 16.2. The summed E-state index contributed by atoms with van der Waals surface area (Å²) in [4.78, 5) is 26.3. The first-order valence-corrected chi connectivity index (χ1v) is 9.62. The Kier molecular flexibility index (Phi) is 7.29. The third-order valence-electron chi connectivity index (χ3n) is 4.28. The molecule has 8 heteroatoms. The second-order valence-corrected chi connectivity index (χ2v) is 7.55. The van der Waals surface area contributed by atoms with Gasteiger partial charge in [0, 0.05) is 13.1 Å². The number of carbonyl (C=O) groups excluding carboxylic acids is 2. The van der Waals surface area contributed by atoms with Crippen LogP contribution in [-0.2, 0) is 9.59 Å². The van der Waals surface area contributed by atoms with E-state index in [1.165, 1.54) is 11.8 Å². The first-order chi connectivity index (χ1) is 12.8. The summed E-state index contributed by atoms with van der Waals surface area (Å²) in [6.07, 6.45) is 0. The molecule has 0 aliphatic heterocycles. The molecule has 2 aromatic rings. The predicted molar refractivity (Wildman–Crippen MR) is 106 cm³/mol. The summed E-state index contributed by atoms with van der Waals surface area (Å²) >= 11 is 1.28. The van der Waals surface area contributed by atoms with Gasteiger partial charge in [0.1, 0.15) is 11.5 Å². The van der Waals surface area contributed by atoms with Crippen LogP contribution in [0.5, 0.6) is 5.75 Å². The van der Waals surface area contributed by atoms with Gasteiger partial charge in [-0.25, -0.2) is 0 Å². The Hall–Kier alpha value is -2.48. The minimum absolute atomic E-state index is 0.0414. The minimum atomic E-state index is -0.393. The van der Waals surface area contributed by atoms with Crippen LogP contribution in [0.3, 0.4) is 0 Å². The predicted octanol–water partition coefficient (Wildman–Crippen LogP) is 3.27. The molecule has 1 aromatic heterocycles. The summed E-state index contributed by atoms with van der Waals surface area (Å²) in [5, 5.41) is 6.01. The third-order valence-corrected chi connectivity index (χ3v) is 5.41. The highest BCUT2D eigenvalue weighted by molar-refractivity contribution is 8.01. The summed E-state index contributed by atoms with van der Waals surface area (Å²) in [6.45, 7) is 5.47. The fourth-order valence-corrected chi connectivity index (χ4v) is 3.16. The zero-order chi connectivity index (χ0) is 20.0. The molecule has 0 saturated heterocycles. The Bertz CT molecular complexity index is 776. The van der Waals surface area contributed by atoms with Crippen molar-refractivity contribution in [1.29, 1.82) is 0 Å². The lowest BCUT2D eigenvalue weighted by atomic mass is 10.1. The monoisotopic (exact) mass is 391 g/mol. The van der Waals surface area contributed by atoms with Crippen LogP contribution in [0.25, 0.3) is 0 Å². The first-order valence-electron chi connectivity index (χ1n) is 8.57. The van der Waals surface area contributed by atoms with E-state index in [1.807, 2.05) is 31.2 Å². The summed E-state index contributed by atoms with van der Waals surface area (Å²) in [5.74, 6) is 1.73. The molecule has 7 nitrogen and oxygen atoms in total. The maximum absolute atomic E-state index is 12.5. The number of amides is 2. The molecule has 2 rings (SSSR count). The number of aryl methyl sites for hydroxylation is 1. The molecule has 27 heavy (non-hydrogen) atoms. The van der Waals surface area contributed by atoms with E-state index < -0.39 is 5.25 Å². The zero-order valence-corrected chi connectivity index (χ0v) is 17.0. The highest BCUT2D eigenvalue weighted by Crippen LogP contribution is 2.23. The number of benzene rings is 1. The Morgan fingerprint density at radius 3 is 2.52 bits per heavy atom. The van der Waals surface area contributed by atoms with E-state index in [0.29, 0.717) is 11.6 Å². The number of carbonyl (C=O) groups is 2. The number of nitrogens with one attached hydrogen (secondary N) is 1.